The topological polar surface area (TPSA) is 87.0 Å². The first kappa shape index (κ1) is 30.5. The van der Waals surface area contributed by atoms with E-state index in [0.29, 0.717) is 16.5 Å². The van der Waals surface area contributed by atoms with Crippen LogP contribution in [0, 0.1) is 11.3 Å². The number of likely N-dealkylation sites (tertiary alicyclic amines) is 1. The number of nitrogens with zero attached hydrogens (tertiary/aromatic N) is 2. The van der Waals surface area contributed by atoms with Crippen molar-refractivity contribution in [1.29, 1.82) is 0 Å². The lowest BCUT2D eigenvalue weighted by molar-refractivity contribution is -0.161. The van der Waals surface area contributed by atoms with Crippen LogP contribution in [0.4, 0.5) is 0 Å². The van der Waals surface area contributed by atoms with E-state index in [2.05, 4.69) is 4.36 Å². The number of carboxylic acids is 1. The zero-order valence-corrected chi connectivity index (χ0v) is 25.2. The molecule has 2 unspecified atom stereocenters. The minimum atomic E-state index is -2.65. The van der Waals surface area contributed by atoms with Gasteiger partial charge in [0.25, 0.3) is 0 Å². The Kier molecular flexibility index (Phi) is 9.59. The van der Waals surface area contributed by atoms with E-state index >= 15 is 0 Å². The molecule has 2 aromatic rings. The van der Waals surface area contributed by atoms with E-state index in [0.717, 1.165) is 11.1 Å². The third-order valence-electron chi connectivity index (χ3n) is 7.71. The third-order valence-corrected chi connectivity index (χ3v) is 11.1. The van der Waals surface area contributed by atoms with Crippen LogP contribution >= 0.6 is 23.2 Å². The first-order chi connectivity index (χ1) is 17.7. The summed E-state index contributed by atoms with van der Waals surface area (Å²) in [7, 11) is -1.08. The number of hydrogen-bond donors (Lipinski definition) is 1. The zero-order chi connectivity index (χ0) is 28.4. The number of aliphatic carboxylic acids is 1. The summed E-state index contributed by atoms with van der Waals surface area (Å²) in [6.07, 6.45) is 0.0139. The molecule has 3 rings (SSSR count). The van der Waals surface area contributed by atoms with Gasteiger partial charge in [0.2, 0.25) is 5.91 Å². The molecule has 38 heavy (non-hydrogen) atoms. The molecular weight excluding hydrogens is 543 g/mol. The van der Waals surface area contributed by atoms with Crippen LogP contribution < -0.4 is 0 Å². The van der Waals surface area contributed by atoms with E-state index in [1.165, 1.54) is 0 Å². The average Bonchev–Trinajstić information content (AvgIpc) is 2.84. The number of benzene rings is 2. The van der Waals surface area contributed by atoms with Crippen LogP contribution in [-0.2, 0) is 19.3 Å². The molecule has 6 nitrogen and oxygen atoms in total. The highest BCUT2D eigenvalue weighted by Gasteiger charge is 2.53. The first-order valence-electron chi connectivity index (χ1n) is 12.9. The number of amides is 1. The minimum Gasteiger partial charge on any atom is -0.481 e. The van der Waals surface area contributed by atoms with Crippen molar-refractivity contribution in [2.45, 2.75) is 70.7 Å². The number of halogens is 2. The molecule has 0 bridgehead atoms. The molecule has 1 aliphatic heterocycles. The molecule has 208 valence electrons. The standard InChI is InChI=1S/C29H38Cl2N2O4S/c1-18(2)25(17-38(37,32-6)19(3)4)33-27(20-10-12-22(30)13-11-20)24(21-8-7-9-23(31)14-21)15-29(5,28(33)36)16-26(34)35/h7-14,18-19,24-25,27H,15-17H2,1-6H3,(H,34,35)/t24-,25?,27-,29-,38?/m1/s1. The van der Waals surface area contributed by atoms with Gasteiger partial charge < -0.3 is 10.0 Å². The van der Waals surface area contributed by atoms with Crippen LogP contribution in [0.1, 0.15) is 70.5 Å². The Bertz CT molecular complexity index is 1290. The lowest BCUT2D eigenvalue weighted by Gasteiger charge is -2.53. The van der Waals surface area contributed by atoms with E-state index in [1.807, 2.05) is 62.9 Å². The highest BCUT2D eigenvalue weighted by Crippen LogP contribution is 2.52. The Morgan fingerprint density at radius 1 is 1.11 bits per heavy atom. The quantitative estimate of drug-likeness (QED) is 0.344. The van der Waals surface area contributed by atoms with Crippen molar-refractivity contribution >= 4 is 44.8 Å². The van der Waals surface area contributed by atoms with Crippen LogP contribution in [0.15, 0.2) is 52.9 Å². The highest BCUT2D eigenvalue weighted by atomic mass is 35.5. The Morgan fingerprint density at radius 3 is 2.24 bits per heavy atom. The van der Waals surface area contributed by atoms with Gasteiger partial charge in [0.05, 0.1) is 33.4 Å². The predicted molar refractivity (Wildman–Crippen MR) is 155 cm³/mol. The highest BCUT2D eigenvalue weighted by molar-refractivity contribution is 7.94. The van der Waals surface area contributed by atoms with Crippen molar-refractivity contribution < 1.29 is 18.9 Å². The van der Waals surface area contributed by atoms with E-state index in [4.69, 9.17) is 23.2 Å². The van der Waals surface area contributed by atoms with E-state index in [1.54, 1.807) is 32.2 Å². The van der Waals surface area contributed by atoms with Crippen LogP contribution in [0.5, 0.6) is 0 Å². The molecular formula is C29H38Cl2N2O4S. The average molecular weight is 582 g/mol. The summed E-state index contributed by atoms with van der Waals surface area (Å²) in [5, 5.41) is 10.8. The number of rotatable bonds is 9. The minimum absolute atomic E-state index is 0.0673. The Morgan fingerprint density at radius 2 is 1.74 bits per heavy atom. The van der Waals surface area contributed by atoms with Gasteiger partial charge in [-0.2, -0.15) is 0 Å². The monoisotopic (exact) mass is 580 g/mol. The lowest BCUT2D eigenvalue weighted by atomic mass is 9.66. The molecule has 1 fully saturated rings. The molecule has 1 aliphatic rings. The summed E-state index contributed by atoms with van der Waals surface area (Å²) in [5.74, 6) is -1.42. The molecule has 2 aromatic carbocycles. The maximum Gasteiger partial charge on any atom is 0.304 e. The molecule has 1 saturated heterocycles. The van der Waals surface area contributed by atoms with Gasteiger partial charge in [-0.25, -0.2) is 8.57 Å². The lowest BCUT2D eigenvalue weighted by Crippen LogP contribution is -2.59. The van der Waals surface area contributed by atoms with Crippen LogP contribution in [0.3, 0.4) is 0 Å². The summed E-state index contributed by atoms with van der Waals surface area (Å²) in [6.45, 7) is 9.50. The van der Waals surface area contributed by atoms with Gasteiger partial charge in [-0.3, -0.25) is 9.59 Å². The van der Waals surface area contributed by atoms with Crippen molar-refractivity contribution in [3.63, 3.8) is 0 Å². The van der Waals surface area contributed by atoms with Crippen molar-refractivity contribution in [1.82, 2.24) is 4.90 Å². The zero-order valence-electron chi connectivity index (χ0n) is 22.9. The second-order valence-electron chi connectivity index (χ2n) is 11.1. The van der Waals surface area contributed by atoms with Gasteiger partial charge in [-0.15, -0.1) is 0 Å². The predicted octanol–water partition coefficient (Wildman–Crippen LogP) is 7.06. The molecule has 1 heterocycles. The number of carboxylic acid groups (broad SMARTS) is 1. The molecule has 0 spiro atoms. The smallest absolute Gasteiger partial charge is 0.304 e. The summed E-state index contributed by atoms with van der Waals surface area (Å²) < 4.78 is 18.2. The summed E-state index contributed by atoms with van der Waals surface area (Å²) in [4.78, 5) is 28.3. The van der Waals surface area contributed by atoms with Crippen LogP contribution in [0.2, 0.25) is 10.0 Å². The first-order valence-corrected chi connectivity index (χ1v) is 15.4. The van der Waals surface area contributed by atoms with Gasteiger partial charge in [0.1, 0.15) is 0 Å². The number of piperidine rings is 1. The maximum atomic E-state index is 14.5. The fraction of sp³-hybridized carbons (Fsp3) is 0.517. The van der Waals surface area contributed by atoms with Crippen LogP contribution in [-0.4, -0.2) is 50.2 Å². The SMILES string of the molecule is CN=S(=O)(CC(C(C)C)N1C(=O)[C@@](C)(CC(=O)O)C[C@H](c2cccc(Cl)c2)[C@H]1c1ccc(Cl)cc1)C(C)C. The Labute approximate surface area is 236 Å². The van der Waals surface area contributed by atoms with Gasteiger partial charge in [0, 0.05) is 34.3 Å². The van der Waals surface area contributed by atoms with E-state index in [-0.39, 0.29) is 35.2 Å². The third kappa shape index (κ3) is 6.37. The van der Waals surface area contributed by atoms with Gasteiger partial charge in [-0.05, 0) is 47.7 Å². The number of carbonyl (C=O) groups is 2. The maximum absolute atomic E-state index is 14.5. The summed E-state index contributed by atoms with van der Waals surface area (Å²) in [5.41, 5.74) is 0.621. The molecule has 0 radical (unpaired) electrons. The summed E-state index contributed by atoms with van der Waals surface area (Å²) in [6, 6.07) is 14.0. The van der Waals surface area contributed by atoms with Gasteiger partial charge >= 0.3 is 5.97 Å². The number of hydrogen-bond acceptors (Lipinski definition) is 4. The van der Waals surface area contributed by atoms with Crippen LogP contribution in [0.25, 0.3) is 0 Å². The Balaban J connectivity index is 2.32. The fourth-order valence-electron chi connectivity index (χ4n) is 5.56. The molecule has 0 aliphatic carbocycles. The molecule has 9 heteroatoms. The van der Waals surface area contributed by atoms with E-state index in [9.17, 15) is 18.9 Å². The molecule has 1 amide bonds. The Hall–Kier alpha value is -2.09. The van der Waals surface area contributed by atoms with Crippen molar-refractivity contribution in [2.24, 2.45) is 15.7 Å². The second-order valence-corrected chi connectivity index (χ2v) is 15.0. The normalized spacial score (nSPS) is 24.4. The molecule has 5 atom stereocenters. The van der Waals surface area contributed by atoms with Crippen molar-refractivity contribution in [3.05, 3.63) is 69.7 Å². The summed E-state index contributed by atoms with van der Waals surface area (Å²) >= 11 is 12.6. The molecule has 0 saturated carbocycles. The van der Waals surface area contributed by atoms with Crippen molar-refractivity contribution in [3.8, 4) is 0 Å². The molecule has 1 N–H and O–H groups in total. The largest absolute Gasteiger partial charge is 0.481 e. The van der Waals surface area contributed by atoms with E-state index < -0.39 is 33.2 Å². The number of carbonyl (C=O) groups excluding carboxylic acids is 1. The fourth-order valence-corrected chi connectivity index (χ4v) is 7.88. The van der Waals surface area contributed by atoms with Gasteiger partial charge in [-0.1, -0.05) is 82.1 Å². The molecule has 0 aromatic heterocycles. The van der Waals surface area contributed by atoms with Crippen molar-refractivity contribution in [2.75, 3.05) is 12.8 Å². The van der Waals surface area contributed by atoms with Gasteiger partial charge in [0.15, 0.2) is 0 Å². The second kappa shape index (κ2) is 12.0.